The summed E-state index contributed by atoms with van der Waals surface area (Å²) in [6.07, 6.45) is -1.08. The first-order valence-corrected chi connectivity index (χ1v) is 9.25. The molecule has 2 rings (SSSR count). The molecule has 160 valence electrons. The molecule has 0 unspecified atom stereocenters. The molecular formula is C21H25N3O6. The van der Waals surface area contributed by atoms with E-state index in [1.165, 1.54) is 21.1 Å². The number of methoxy groups -OCH3 is 2. The summed E-state index contributed by atoms with van der Waals surface area (Å²) >= 11 is 0. The van der Waals surface area contributed by atoms with E-state index in [1.54, 1.807) is 42.5 Å². The van der Waals surface area contributed by atoms with Crippen molar-refractivity contribution in [2.24, 2.45) is 0 Å². The number of carbonyl (C=O) groups excluding carboxylic acids is 3. The Balaban J connectivity index is 1.74. The quantitative estimate of drug-likeness (QED) is 0.543. The van der Waals surface area contributed by atoms with Gasteiger partial charge in [-0.05, 0) is 31.2 Å². The van der Waals surface area contributed by atoms with Gasteiger partial charge in [-0.3, -0.25) is 9.59 Å². The van der Waals surface area contributed by atoms with Crippen molar-refractivity contribution in [2.45, 2.75) is 19.4 Å². The highest BCUT2D eigenvalue weighted by Gasteiger charge is 2.18. The van der Waals surface area contributed by atoms with E-state index in [2.05, 4.69) is 16.0 Å². The van der Waals surface area contributed by atoms with Crippen LogP contribution in [0.5, 0.6) is 11.5 Å². The van der Waals surface area contributed by atoms with Gasteiger partial charge in [-0.25, -0.2) is 4.79 Å². The van der Waals surface area contributed by atoms with Crippen LogP contribution in [0, 0.1) is 0 Å². The average Bonchev–Trinajstić information content (AvgIpc) is 2.74. The minimum Gasteiger partial charge on any atom is -0.493 e. The maximum atomic E-state index is 12.2. The predicted molar refractivity (Wildman–Crippen MR) is 112 cm³/mol. The number of urea groups is 1. The van der Waals surface area contributed by atoms with Crippen LogP contribution < -0.4 is 25.4 Å². The highest BCUT2D eigenvalue weighted by atomic mass is 16.5. The number of esters is 1. The van der Waals surface area contributed by atoms with Crippen LogP contribution in [-0.4, -0.2) is 44.8 Å². The molecule has 0 saturated heterocycles. The molecular weight excluding hydrogens is 390 g/mol. The van der Waals surface area contributed by atoms with Gasteiger partial charge in [0.2, 0.25) is 0 Å². The van der Waals surface area contributed by atoms with E-state index in [4.69, 9.17) is 14.2 Å². The Hall–Kier alpha value is -3.75. The Labute approximate surface area is 174 Å². The molecule has 0 aromatic heterocycles. The predicted octanol–water partition coefficient (Wildman–Crippen LogP) is 2.79. The first-order chi connectivity index (χ1) is 14.4. The van der Waals surface area contributed by atoms with E-state index in [-0.39, 0.29) is 13.0 Å². The molecule has 0 spiro atoms. The fraction of sp³-hybridized carbons (Fsp3) is 0.286. The SMILES string of the molecule is COc1ccc(NC(=O)[C@H](C)OC(=O)CCNC(=O)Nc2ccccc2)cc1OC. The van der Waals surface area contributed by atoms with Crippen LogP contribution in [0.3, 0.4) is 0 Å². The van der Waals surface area contributed by atoms with Crippen molar-refractivity contribution in [3.63, 3.8) is 0 Å². The molecule has 30 heavy (non-hydrogen) atoms. The number of hydrogen-bond acceptors (Lipinski definition) is 6. The van der Waals surface area contributed by atoms with Crippen molar-refractivity contribution in [2.75, 3.05) is 31.4 Å². The molecule has 9 nitrogen and oxygen atoms in total. The minimum absolute atomic E-state index is 0.0710. The molecule has 0 fully saturated rings. The van der Waals surface area contributed by atoms with Gasteiger partial charge in [0.25, 0.3) is 5.91 Å². The van der Waals surface area contributed by atoms with Gasteiger partial charge in [-0.15, -0.1) is 0 Å². The highest BCUT2D eigenvalue weighted by molar-refractivity contribution is 5.95. The van der Waals surface area contributed by atoms with Crippen LogP contribution in [0.4, 0.5) is 16.2 Å². The van der Waals surface area contributed by atoms with Crippen LogP contribution in [0.2, 0.25) is 0 Å². The number of amides is 3. The van der Waals surface area contributed by atoms with Gasteiger partial charge in [0.1, 0.15) is 0 Å². The van der Waals surface area contributed by atoms with Crippen molar-refractivity contribution in [1.29, 1.82) is 0 Å². The molecule has 2 aromatic carbocycles. The summed E-state index contributed by atoms with van der Waals surface area (Å²) in [5.74, 6) is -0.117. The molecule has 0 bridgehead atoms. The lowest BCUT2D eigenvalue weighted by Crippen LogP contribution is -2.33. The summed E-state index contributed by atoms with van der Waals surface area (Å²) in [5, 5.41) is 7.83. The largest absolute Gasteiger partial charge is 0.493 e. The number of ether oxygens (including phenoxy) is 3. The highest BCUT2D eigenvalue weighted by Crippen LogP contribution is 2.29. The first kappa shape index (κ1) is 22.5. The molecule has 0 aliphatic carbocycles. The summed E-state index contributed by atoms with van der Waals surface area (Å²) in [6, 6.07) is 13.4. The standard InChI is InChI=1S/C21H25N3O6/c1-14(20(26)23-16-9-10-17(28-2)18(13-16)29-3)30-19(25)11-12-22-21(27)24-15-7-5-4-6-8-15/h4-10,13-14H,11-12H2,1-3H3,(H,23,26)(H2,22,24,27)/t14-/m0/s1. The van der Waals surface area contributed by atoms with Crippen molar-refractivity contribution in [3.05, 3.63) is 48.5 Å². The monoisotopic (exact) mass is 415 g/mol. The average molecular weight is 415 g/mol. The van der Waals surface area contributed by atoms with E-state index in [9.17, 15) is 14.4 Å². The zero-order valence-corrected chi connectivity index (χ0v) is 17.1. The van der Waals surface area contributed by atoms with Gasteiger partial charge in [-0.1, -0.05) is 18.2 Å². The molecule has 0 aliphatic rings. The normalized spacial score (nSPS) is 11.0. The van der Waals surface area contributed by atoms with E-state index < -0.39 is 24.0 Å². The van der Waals surface area contributed by atoms with Gasteiger partial charge < -0.3 is 30.2 Å². The van der Waals surface area contributed by atoms with Gasteiger partial charge in [-0.2, -0.15) is 0 Å². The van der Waals surface area contributed by atoms with Crippen molar-refractivity contribution in [3.8, 4) is 11.5 Å². The molecule has 2 aromatic rings. The number of anilines is 2. The summed E-state index contributed by atoms with van der Waals surface area (Å²) in [6.45, 7) is 1.53. The van der Waals surface area contributed by atoms with Crippen LogP contribution >= 0.6 is 0 Å². The topological polar surface area (TPSA) is 115 Å². The summed E-state index contributed by atoms with van der Waals surface area (Å²) in [4.78, 5) is 35.9. The molecule has 3 N–H and O–H groups in total. The summed E-state index contributed by atoms with van der Waals surface area (Å²) < 4.78 is 15.4. The molecule has 9 heteroatoms. The van der Waals surface area contributed by atoms with Crippen molar-refractivity contribution >= 4 is 29.3 Å². The number of hydrogen-bond donors (Lipinski definition) is 3. The Morgan fingerprint density at radius 1 is 0.900 bits per heavy atom. The summed E-state index contributed by atoms with van der Waals surface area (Å²) in [7, 11) is 3.00. The number of para-hydroxylation sites is 1. The molecule has 1 atom stereocenters. The van der Waals surface area contributed by atoms with E-state index in [0.717, 1.165) is 0 Å². The lowest BCUT2D eigenvalue weighted by Gasteiger charge is -2.15. The van der Waals surface area contributed by atoms with Crippen molar-refractivity contribution < 1.29 is 28.6 Å². The second-order valence-corrected chi connectivity index (χ2v) is 6.19. The fourth-order valence-electron chi connectivity index (χ4n) is 2.44. The Morgan fingerprint density at radius 3 is 2.27 bits per heavy atom. The molecule has 0 aliphatic heterocycles. The Kier molecular flexibility index (Phi) is 8.49. The molecule has 3 amide bonds. The molecule has 0 saturated carbocycles. The molecule has 0 radical (unpaired) electrons. The van der Waals surface area contributed by atoms with Gasteiger partial charge in [0, 0.05) is 24.0 Å². The van der Waals surface area contributed by atoms with Crippen LogP contribution in [0.1, 0.15) is 13.3 Å². The first-order valence-electron chi connectivity index (χ1n) is 9.25. The number of benzene rings is 2. The molecule has 0 heterocycles. The van der Waals surface area contributed by atoms with Gasteiger partial charge >= 0.3 is 12.0 Å². The summed E-state index contributed by atoms with van der Waals surface area (Å²) in [5.41, 5.74) is 1.11. The zero-order valence-electron chi connectivity index (χ0n) is 17.1. The zero-order chi connectivity index (χ0) is 21.9. The number of nitrogens with one attached hydrogen (secondary N) is 3. The maximum Gasteiger partial charge on any atom is 0.319 e. The number of carbonyl (C=O) groups is 3. The second-order valence-electron chi connectivity index (χ2n) is 6.19. The number of rotatable bonds is 9. The third kappa shape index (κ3) is 7.01. The third-order valence-electron chi connectivity index (χ3n) is 3.97. The van der Waals surface area contributed by atoms with Gasteiger partial charge in [0.15, 0.2) is 17.6 Å². The van der Waals surface area contributed by atoms with E-state index >= 15 is 0 Å². The van der Waals surface area contributed by atoms with E-state index in [0.29, 0.717) is 22.9 Å². The van der Waals surface area contributed by atoms with Gasteiger partial charge in [0.05, 0.1) is 20.6 Å². The fourth-order valence-corrected chi connectivity index (χ4v) is 2.44. The second kappa shape index (κ2) is 11.3. The van der Waals surface area contributed by atoms with E-state index in [1.807, 2.05) is 6.07 Å². The van der Waals surface area contributed by atoms with Crippen LogP contribution in [0.15, 0.2) is 48.5 Å². The lowest BCUT2D eigenvalue weighted by atomic mass is 10.2. The lowest BCUT2D eigenvalue weighted by molar-refractivity contribution is -0.153. The van der Waals surface area contributed by atoms with Crippen molar-refractivity contribution in [1.82, 2.24) is 5.32 Å². The Morgan fingerprint density at radius 2 is 1.60 bits per heavy atom. The van der Waals surface area contributed by atoms with Crippen LogP contribution in [0.25, 0.3) is 0 Å². The van der Waals surface area contributed by atoms with Crippen LogP contribution in [-0.2, 0) is 14.3 Å². The Bertz CT molecular complexity index is 872. The maximum absolute atomic E-state index is 12.2. The third-order valence-corrected chi connectivity index (χ3v) is 3.97. The smallest absolute Gasteiger partial charge is 0.319 e. The minimum atomic E-state index is -1.01.